The number of ether oxygens (including phenoxy) is 2. The second kappa shape index (κ2) is 6.68. The summed E-state index contributed by atoms with van der Waals surface area (Å²) in [6.07, 6.45) is 1.99. The predicted octanol–water partition coefficient (Wildman–Crippen LogP) is -0.0231. The normalized spacial score (nSPS) is 14.9. The smallest absolute Gasteiger partial charge is 0.0997 e. The Morgan fingerprint density at radius 3 is 3.18 bits per heavy atom. The fourth-order valence-corrected chi connectivity index (χ4v) is 1.93. The molecular formula is C11H20N4O2. The van der Waals surface area contributed by atoms with Crippen molar-refractivity contribution < 1.29 is 9.47 Å². The second-order valence-electron chi connectivity index (χ2n) is 4.09. The number of nitrogens with one attached hydrogen (secondary N) is 1. The van der Waals surface area contributed by atoms with Crippen LogP contribution < -0.4 is 5.32 Å². The Labute approximate surface area is 101 Å². The van der Waals surface area contributed by atoms with Gasteiger partial charge in [-0.1, -0.05) is 5.21 Å². The van der Waals surface area contributed by atoms with Crippen LogP contribution in [-0.2, 0) is 29.0 Å². The highest BCUT2D eigenvalue weighted by Gasteiger charge is 2.15. The molecule has 6 heteroatoms. The van der Waals surface area contributed by atoms with Gasteiger partial charge in [-0.25, -0.2) is 4.68 Å². The number of hydrogen-bond donors (Lipinski definition) is 1. The van der Waals surface area contributed by atoms with Crippen LogP contribution in [-0.4, -0.2) is 48.5 Å². The quantitative estimate of drug-likeness (QED) is 0.679. The zero-order valence-electron chi connectivity index (χ0n) is 10.3. The van der Waals surface area contributed by atoms with Gasteiger partial charge in [0.25, 0.3) is 0 Å². The first kappa shape index (κ1) is 12.5. The summed E-state index contributed by atoms with van der Waals surface area (Å²) in [5.41, 5.74) is 2.37. The zero-order chi connectivity index (χ0) is 11.9. The van der Waals surface area contributed by atoms with Crippen molar-refractivity contribution in [3.05, 3.63) is 11.4 Å². The molecule has 0 aliphatic carbocycles. The Balaban J connectivity index is 1.70. The molecule has 0 bridgehead atoms. The van der Waals surface area contributed by atoms with Crippen molar-refractivity contribution >= 4 is 0 Å². The van der Waals surface area contributed by atoms with E-state index in [9.17, 15) is 0 Å². The van der Waals surface area contributed by atoms with E-state index in [2.05, 4.69) is 15.6 Å². The van der Waals surface area contributed by atoms with E-state index in [1.54, 1.807) is 7.11 Å². The van der Waals surface area contributed by atoms with Crippen LogP contribution in [0.15, 0.2) is 0 Å². The van der Waals surface area contributed by atoms with Gasteiger partial charge in [0, 0.05) is 39.8 Å². The average Bonchev–Trinajstić information content (AvgIpc) is 2.77. The maximum absolute atomic E-state index is 5.42. The van der Waals surface area contributed by atoms with E-state index in [1.807, 2.05) is 4.68 Å². The molecule has 17 heavy (non-hydrogen) atoms. The van der Waals surface area contributed by atoms with Gasteiger partial charge >= 0.3 is 0 Å². The minimum Gasteiger partial charge on any atom is -0.382 e. The first-order chi connectivity index (χ1) is 8.42. The SMILES string of the molecule is COCCOCCCn1nnc2c1CCNC2. The highest BCUT2D eigenvalue weighted by molar-refractivity contribution is 5.13. The fraction of sp³-hybridized carbons (Fsp3) is 0.818. The zero-order valence-corrected chi connectivity index (χ0v) is 10.3. The van der Waals surface area contributed by atoms with Crippen molar-refractivity contribution in [2.24, 2.45) is 0 Å². The number of fused-ring (bicyclic) bond motifs is 1. The highest BCUT2D eigenvalue weighted by Crippen LogP contribution is 2.10. The summed E-state index contributed by atoms with van der Waals surface area (Å²) < 4.78 is 12.3. The second-order valence-corrected chi connectivity index (χ2v) is 4.09. The molecule has 2 rings (SSSR count). The van der Waals surface area contributed by atoms with Crippen LogP contribution in [0, 0.1) is 0 Å². The summed E-state index contributed by atoms with van der Waals surface area (Å²) in [7, 11) is 1.68. The van der Waals surface area contributed by atoms with Gasteiger partial charge in [-0.15, -0.1) is 5.10 Å². The molecule has 0 fully saturated rings. The molecule has 0 atom stereocenters. The molecule has 0 unspecified atom stereocenters. The third-order valence-corrected chi connectivity index (χ3v) is 2.84. The maximum Gasteiger partial charge on any atom is 0.0997 e. The van der Waals surface area contributed by atoms with E-state index in [1.165, 1.54) is 5.69 Å². The van der Waals surface area contributed by atoms with E-state index in [4.69, 9.17) is 9.47 Å². The number of aromatic nitrogens is 3. The predicted molar refractivity (Wildman–Crippen MR) is 62.7 cm³/mol. The third-order valence-electron chi connectivity index (χ3n) is 2.84. The van der Waals surface area contributed by atoms with Crippen LogP contribution in [0.5, 0.6) is 0 Å². The fourth-order valence-electron chi connectivity index (χ4n) is 1.93. The van der Waals surface area contributed by atoms with Crippen molar-refractivity contribution in [3.63, 3.8) is 0 Å². The van der Waals surface area contributed by atoms with Crippen LogP contribution in [0.1, 0.15) is 17.8 Å². The van der Waals surface area contributed by atoms with Crippen LogP contribution in [0.4, 0.5) is 0 Å². The molecule has 1 aliphatic rings. The van der Waals surface area contributed by atoms with Gasteiger partial charge in [-0.05, 0) is 6.42 Å². The van der Waals surface area contributed by atoms with Gasteiger partial charge in [0.05, 0.1) is 24.6 Å². The van der Waals surface area contributed by atoms with Gasteiger partial charge in [0.15, 0.2) is 0 Å². The summed E-state index contributed by atoms with van der Waals surface area (Å²) >= 11 is 0. The van der Waals surface area contributed by atoms with Gasteiger partial charge in [-0.2, -0.15) is 0 Å². The Kier molecular flexibility index (Phi) is 4.90. The standard InChI is InChI=1S/C11H20N4O2/c1-16-7-8-17-6-2-5-15-11-3-4-12-9-10(11)13-14-15/h12H,2-9H2,1H3. The molecule has 6 nitrogen and oxygen atoms in total. The number of nitrogens with zero attached hydrogens (tertiary/aromatic N) is 3. The molecule has 0 radical (unpaired) electrons. The van der Waals surface area contributed by atoms with Crippen LogP contribution in [0.25, 0.3) is 0 Å². The van der Waals surface area contributed by atoms with E-state index < -0.39 is 0 Å². The molecule has 0 saturated carbocycles. The molecule has 1 aliphatic heterocycles. The highest BCUT2D eigenvalue weighted by atomic mass is 16.5. The van der Waals surface area contributed by atoms with Crippen molar-refractivity contribution in [1.29, 1.82) is 0 Å². The van der Waals surface area contributed by atoms with E-state index >= 15 is 0 Å². The average molecular weight is 240 g/mol. The first-order valence-electron chi connectivity index (χ1n) is 6.10. The van der Waals surface area contributed by atoms with Crippen LogP contribution >= 0.6 is 0 Å². The maximum atomic E-state index is 5.42. The van der Waals surface area contributed by atoms with Gasteiger partial charge < -0.3 is 14.8 Å². The lowest BCUT2D eigenvalue weighted by atomic mass is 10.2. The van der Waals surface area contributed by atoms with Gasteiger partial charge in [-0.3, -0.25) is 0 Å². The molecule has 0 amide bonds. The summed E-state index contributed by atoms with van der Waals surface area (Å²) in [6, 6.07) is 0. The minimum absolute atomic E-state index is 0.657. The number of methoxy groups -OCH3 is 1. The lowest BCUT2D eigenvalue weighted by Gasteiger charge is -2.13. The van der Waals surface area contributed by atoms with Crippen LogP contribution in [0.3, 0.4) is 0 Å². The minimum atomic E-state index is 0.657. The lowest BCUT2D eigenvalue weighted by Crippen LogP contribution is -2.25. The number of rotatable bonds is 7. The lowest BCUT2D eigenvalue weighted by molar-refractivity contribution is 0.0675. The molecule has 0 aromatic carbocycles. The molecule has 1 aromatic heterocycles. The van der Waals surface area contributed by atoms with Gasteiger partial charge in [0.1, 0.15) is 0 Å². The van der Waals surface area contributed by atoms with E-state index in [0.717, 1.165) is 44.8 Å². The Bertz CT molecular complexity index is 340. The van der Waals surface area contributed by atoms with Crippen molar-refractivity contribution in [3.8, 4) is 0 Å². The molecule has 96 valence electrons. The van der Waals surface area contributed by atoms with E-state index in [-0.39, 0.29) is 0 Å². The molecule has 1 N–H and O–H groups in total. The van der Waals surface area contributed by atoms with Crippen molar-refractivity contribution in [1.82, 2.24) is 20.3 Å². The van der Waals surface area contributed by atoms with Crippen LogP contribution in [0.2, 0.25) is 0 Å². The molecule has 1 aromatic rings. The summed E-state index contributed by atoms with van der Waals surface area (Å²) in [4.78, 5) is 0. The largest absolute Gasteiger partial charge is 0.382 e. The molecule has 0 saturated heterocycles. The number of hydrogen-bond acceptors (Lipinski definition) is 5. The van der Waals surface area contributed by atoms with Crippen molar-refractivity contribution in [2.45, 2.75) is 25.9 Å². The first-order valence-corrected chi connectivity index (χ1v) is 6.10. The Hall–Kier alpha value is -0.980. The third kappa shape index (κ3) is 3.49. The molecular weight excluding hydrogens is 220 g/mol. The van der Waals surface area contributed by atoms with E-state index in [0.29, 0.717) is 13.2 Å². The summed E-state index contributed by atoms with van der Waals surface area (Å²) in [5, 5.41) is 11.6. The van der Waals surface area contributed by atoms with Gasteiger partial charge in [0.2, 0.25) is 0 Å². The Morgan fingerprint density at radius 2 is 2.29 bits per heavy atom. The monoisotopic (exact) mass is 240 g/mol. The number of aryl methyl sites for hydroxylation is 1. The topological polar surface area (TPSA) is 61.2 Å². The summed E-state index contributed by atoms with van der Waals surface area (Å²) in [5.74, 6) is 0. The molecule has 2 heterocycles. The Morgan fingerprint density at radius 1 is 1.35 bits per heavy atom. The molecule has 0 spiro atoms. The summed E-state index contributed by atoms with van der Waals surface area (Å²) in [6.45, 7) is 4.82. The van der Waals surface area contributed by atoms with Crippen molar-refractivity contribution in [2.75, 3.05) is 33.5 Å².